The molecule has 2 amide bonds. The van der Waals surface area contributed by atoms with Crippen molar-refractivity contribution in [2.75, 3.05) is 5.32 Å². The molecule has 0 unspecified atom stereocenters. The van der Waals surface area contributed by atoms with Gasteiger partial charge >= 0.3 is 6.18 Å². The summed E-state index contributed by atoms with van der Waals surface area (Å²) >= 11 is 0.667. The third-order valence-electron chi connectivity index (χ3n) is 5.96. The fourth-order valence-corrected chi connectivity index (χ4v) is 5.13. The molecule has 0 bridgehead atoms. The Labute approximate surface area is 210 Å². The Balaban J connectivity index is 1.76. The third kappa shape index (κ3) is 3.98. The number of hydrogen-bond acceptors (Lipinski definition) is 7. The SMILES string of the molecule is Cc1cc(C)n2ncc(C(=O)Nc3c(C(N)=O)sc4nc(C(F)(F)F)cc(-c5cnn(C)c5C)c34)c2n1. The first-order chi connectivity index (χ1) is 17.4. The zero-order chi connectivity index (χ0) is 26.8. The van der Waals surface area contributed by atoms with Gasteiger partial charge in [0.2, 0.25) is 0 Å². The first-order valence-electron chi connectivity index (χ1n) is 10.8. The van der Waals surface area contributed by atoms with Crippen molar-refractivity contribution in [1.82, 2.24) is 29.4 Å². The number of carbonyl (C=O) groups is 2. The van der Waals surface area contributed by atoms with Gasteiger partial charge in [-0.05, 0) is 38.5 Å². The van der Waals surface area contributed by atoms with Crippen molar-refractivity contribution < 1.29 is 22.8 Å². The molecule has 5 rings (SSSR count). The number of hydrogen-bond donors (Lipinski definition) is 2. The van der Waals surface area contributed by atoms with E-state index in [1.807, 2.05) is 0 Å². The normalized spacial score (nSPS) is 12.0. The van der Waals surface area contributed by atoms with Crippen LogP contribution in [0, 0.1) is 20.8 Å². The van der Waals surface area contributed by atoms with Crippen LogP contribution < -0.4 is 11.1 Å². The number of alkyl halides is 3. The minimum absolute atomic E-state index is 0.0410. The van der Waals surface area contributed by atoms with E-state index < -0.39 is 23.7 Å². The molecule has 0 radical (unpaired) electrons. The van der Waals surface area contributed by atoms with Gasteiger partial charge in [0, 0.05) is 35.1 Å². The van der Waals surface area contributed by atoms with Gasteiger partial charge in [0.25, 0.3) is 11.8 Å². The van der Waals surface area contributed by atoms with Crippen molar-refractivity contribution in [2.45, 2.75) is 26.9 Å². The summed E-state index contributed by atoms with van der Waals surface area (Å²) < 4.78 is 44.2. The van der Waals surface area contributed by atoms with Gasteiger partial charge < -0.3 is 11.1 Å². The van der Waals surface area contributed by atoms with Gasteiger partial charge in [0.1, 0.15) is 21.0 Å². The lowest BCUT2D eigenvalue weighted by Crippen LogP contribution is -2.17. The van der Waals surface area contributed by atoms with Gasteiger partial charge in [-0.3, -0.25) is 14.3 Å². The number of thiophene rings is 1. The number of pyridine rings is 1. The van der Waals surface area contributed by atoms with Gasteiger partial charge in [-0.15, -0.1) is 11.3 Å². The van der Waals surface area contributed by atoms with E-state index in [0.29, 0.717) is 28.3 Å². The summed E-state index contributed by atoms with van der Waals surface area (Å²) in [4.78, 5) is 33.6. The highest BCUT2D eigenvalue weighted by molar-refractivity contribution is 7.21. The van der Waals surface area contributed by atoms with Crippen molar-refractivity contribution in [3.8, 4) is 11.1 Å². The molecular weight excluding hydrogens is 509 g/mol. The maximum Gasteiger partial charge on any atom is 0.433 e. The molecule has 5 aromatic heterocycles. The van der Waals surface area contributed by atoms with Gasteiger partial charge in [-0.25, -0.2) is 14.5 Å². The number of rotatable bonds is 4. The summed E-state index contributed by atoms with van der Waals surface area (Å²) in [5, 5.41) is 11.2. The molecule has 14 heteroatoms. The predicted octanol–water partition coefficient (Wildman–Crippen LogP) is 4.03. The Morgan fingerprint density at radius 2 is 1.78 bits per heavy atom. The average molecular weight is 529 g/mol. The molecule has 3 N–H and O–H groups in total. The molecule has 5 aromatic rings. The topological polar surface area (TPSA) is 133 Å². The molecule has 0 spiro atoms. The summed E-state index contributed by atoms with van der Waals surface area (Å²) in [7, 11) is 1.65. The molecule has 5 heterocycles. The van der Waals surface area contributed by atoms with Gasteiger partial charge in [0.05, 0.1) is 18.1 Å². The zero-order valence-electron chi connectivity index (χ0n) is 19.9. The van der Waals surface area contributed by atoms with Gasteiger partial charge in [0.15, 0.2) is 5.65 Å². The molecule has 0 aliphatic carbocycles. The van der Waals surface area contributed by atoms with Crippen LogP contribution >= 0.6 is 11.3 Å². The summed E-state index contributed by atoms with van der Waals surface area (Å²) in [6, 6.07) is 2.68. The van der Waals surface area contributed by atoms with E-state index in [-0.39, 0.29) is 37.6 Å². The summed E-state index contributed by atoms with van der Waals surface area (Å²) in [5.74, 6) is -1.59. The van der Waals surface area contributed by atoms with E-state index in [1.54, 1.807) is 33.9 Å². The fraction of sp³-hybridized carbons (Fsp3) is 0.217. The number of nitrogens with one attached hydrogen (secondary N) is 1. The molecular formula is C23H19F3N8O2S. The summed E-state index contributed by atoms with van der Waals surface area (Å²) in [5.41, 5.74) is 7.26. The van der Waals surface area contributed by atoms with Crippen molar-refractivity contribution in [2.24, 2.45) is 12.8 Å². The molecule has 190 valence electrons. The van der Waals surface area contributed by atoms with E-state index >= 15 is 0 Å². The Morgan fingerprint density at radius 1 is 1.05 bits per heavy atom. The third-order valence-corrected chi connectivity index (χ3v) is 7.06. The standard InChI is InChI=1S/C23H19F3N8O2S/c1-9-5-10(2)34-20(30-9)14(8-29-34)21(36)32-17-16-12(13-7-28-33(4)11(13)3)6-15(23(24,25)26)31-22(16)37-18(17)19(27)35/h5-8H,1-4H3,(H2,27,35)(H,32,36). The van der Waals surface area contributed by atoms with Crippen molar-refractivity contribution in [3.63, 3.8) is 0 Å². The maximum atomic E-state index is 13.7. The molecule has 0 aliphatic rings. The number of fused-ring (bicyclic) bond motifs is 2. The van der Waals surface area contributed by atoms with E-state index in [9.17, 15) is 22.8 Å². The summed E-state index contributed by atoms with van der Waals surface area (Å²) in [6.07, 6.45) is -2.01. The highest BCUT2D eigenvalue weighted by Crippen LogP contribution is 2.44. The summed E-state index contributed by atoms with van der Waals surface area (Å²) in [6.45, 7) is 5.27. The van der Waals surface area contributed by atoms with E-state index in [0.717, 1.165) is 11.8 Å². The smallest absolute Gasteiger partial charge is 0.365 e. The number of nitrogens with two attached hydrogens (primary N) is 1. The lowest BCUT2D eigenvalue weighted by atomic mass is 10.0. The van der Waals surface area contributed by atoms with Gasteiger partial charge in [-0.2, -0.15) is 23.4 Å². The number of aryl methyl sites for hydroxylation is 3. The largest absolute Gasteiger partial charge is 0.433 e. The molecule has 0 saturated heterocycles. The lowest BCUT2D eigenvalue weighted by molar-refractivity contribution is -0.140. The van der Waals surface area contributed by atoms with E-state index in [1.165, 1.54) is 21.6 Å². The molecule has 0 saturated carbocycles. The molecule has 0 fully saturated rings. The Hall–Kier alpha value is -4.33. The van der Waals surface area contributed by atoms with E-state index in [4.69, 9.17) is 5.73 Å². The minimum Gasteiger partial charge on any atom is -0.365 e. The molecule has 0 atom stereocenters. The minimum atomic E-state index is -4.75. The first kappa shape index (κ1) is 24.4. The van der Waals surface area contributed by atoms with Gasteiger partial charge in [-0.1, -0.05) is 0 Å². The first-order valence-corrected chi connectivity index (χ1v) is 11.6. The second-order valence-electron chi connectivity index (χ2n) is 8.46. The second kappa shape index (κ2) is 8.37. The number of halogens is 3. The monoisotopic (exact) mass is 528 g/mol. The van der Waals surface area contributed by atoms with Crippen LogP contribution in [-0.4, -0.2) is 41.2 Å². The van der Waals surface area contributed by atoms with Crippen LogP contribution in [0.15, 0.2) is 24.5 Å². The lowest BCUT2D eigenvalue weighted by Gasteiger charge is -2.12. The number of primary amides is 1. The Kier molecular flexibility index (Phi) is 5.51. The van der Waals surface area contributed by atoms with Crippen LogP contribution in [-0.2, 0) is 13.2 Å². The molecule has 37 heavy (non-hydrogen) atoms. The maximum absolute atomic E-state index is 13.7. The zero-order valence-corrected chi connectivity index (χ0v) is 20.7. The molecule has 10 nitrogen and oxygen atoms in total. The number of aromatic nitrogens is 6. The van der Waals surface area contributed by atoms with Crippen LogP contribution in [0.1, 0.15) is 42.8 Å². The highest BCUT2D eigenvalue weighted by Gasteiger charge is 2.35. The second-order valence-corrected chi connectivity index (χ2v) is 9.46. The van der Waals surface area contributed by atoms with Crippen LogP contribution in [0.25, 0.3) is 27.0 Å². The van der Waals surface area contributed by atoms with Crippen molar-refractivity contribution >= 4 is 44.7 Å². The highest BCUT2D eigenvalue weighted by atomic mass is 32.1. The predicted molar refractivity (Wildman–Crippen MR) is 130 cm³/mol. The number of amides is 2. The Bertz CT molecular complexity index is 1750. The number of anilines is 1. The van der Waals surface area contributed by atoms with E-state index in [2.05, 4.69) is 25.5 Å². The van der Waals surface area contributed by atoms with Crippen LogP contribution in [0.2, 0.25) is 0 Å². The fourth-order valence-electron chi connectivity index (χ4n) is 4.12. The Morgan fingerprint density at radius 3 is 2.41 bits per heavy atom. The number of nitrogens with zero attached hydrogens (tertiary/aromatic N) is 6. The molecule has 0 aromatic carbocycles. The molecule has 0 aliphatic heterocycles. The average Bonchev–Trinajstić information content (AvgIpc) is 3.49. The number of carbonyl (C=O) groups excluding carboxylic acids is 2. The van der Waals surface area contributed by atoms with Crippen LogP contribution in [0.5, 0.6) is 0 Å². The quantitative estimate of drug-likeness (QED) is 0.362. The van der Waals surface area contributed by atoms with Crippen LogP contribution in [0.4, 0.5) is 18.9 Å². The van der Waals surface area contributed by atoms with Crippen LogP contribution in [0.3, 0.4) is 0 Å². The van der Waals surface area contributed by atoms with Crippen molar-refractivity contribution in [1.29, 1.82) is 0 Å². The van der Waals surface area contributed by atoms with Crippen molar-refractivity contribution in [3.05, 3.63) is 57.7 Å².